The number of hydrogen-bond acceptors (Lipinski definition) is 7. The van der Waals surface area contributed by atoms with Crippen LogP contribution in [0.5, 0.6) is 5.75 Å². The maximum atomic E-state index is 13.8. The molecule has 1 spiro atoms. The quantitative estimate of drug-likeness (QED) is 0.557. The molecule has 14 heteroatoms. The molecular formula is C24H27F3N6O5. The molecule has 2 unspecified atom stereocenters. The Kier molecular flexibility index (Phi) is 6.98. The first-order valence-corrected chi connectivity index (χ1v) is 12.1. The smallest absolute Gasteiger partial charge is 0.471 e. The molecule has 0 bridgehead atoms. The lowest BCUT2D eigenvalue weighted by molar-refractivity contribution is -0.175. The van der Waals surface area contributed by atoms with Gasteiger partial charge in [-0.25, -0.2) is 4.98 Å². The number of amides is 4. The molecule has 2 aliphatic heterocycles. The van der Waals surface area contributed by atoms with Crippen molar-refractivity contribution in [1.29, 1.82) is 5.26 Å². The third-order valence-corrected chi connectivity index (χ3v) is 7.03. The minimum atomic E-state index is -5.17. The number of carbonyl (C=O) groups is 4. The van der Waals surface area contributed by atoms with Gasteiger partial charge in [-0.2, -0.15) is 18.4 Å². The fourth-order valence-electron chi connectivity index (χ4n) is 4.74. The van der Waals surface area contributed by atoms with Crippen molar-refractivity contribution in [3.05, 3.63) is 17.8 Å². The number of carbonyl (C=O) groups excluding carboxylic acids is 4. The molecule has 204 valence electrons. The van der Waals surface area contributed by atoms with Crippen LogP contribution in [0.2, 0.25) is 0 Å². The minimum Gasteiger partial charge on any atom is -0.472 e. The lowest BCUT2D eigenvalue weighted by Crippen LogP contribution is -2.57. The van der Waals surface area contributed by atoms with E-state index in [1.165, 1.54) is 11.9 Å². The van der Waals surface area contributed by atoms with Gasteiger partial charge >= 0.3 is 12.1 Å². The summed E-state index contributed by atoms with van der Waals surface area (Å²) < 4.78 is 44.0. The number of likely N-dealkylation sites (N-methyl/N-ethyl adjacent to an activating group) is 1. The molecule has 3 heterocycles. The van der Waals surface area contributed by atoms with E-state index in [0.717, 1.165) is 24.7 Å². The summed E-state index contributed by atoms with van der Waals surface area (Å²) in [6, 6.07) is 1.61. The second kappa shape index (κ2) is 9.77. The number of aryl methyl sites for hydroxylation is 1. The molecule has 1 saturated heterocycles. The first-order chi connectivity index (χ1) is 17.8. The van der Waals surface area contributed by atoms with Crippen molar-refractivity contribution in [3.8, 4) is 11.8 Å². The largest absolute Gasteiger partial charge is 0.472 e. The van der Waals surface area contributed by atoms with Gasteiger partial charge in [0.05, 0.1) is 12.6 Å². The van der Waals surface area contributed by atoms with Crippen LogP contribution in [0, 0.1) is 24.2 Å². The zero-order valence-electron chi connectivity index (χ0n) is 21.0. The molecule has 11 nitrogen and oxygen atoms in total. The Morgan fingerprint density at radius 3 is 2.66 bits per heavy atom. The molecule has 0 aromatic carbocycles. The van der Waals surface area contributed by atoms with E-state index in [1.54, 1.807) is 24.4 Å². The van der Waals surface area contributed by atoms with Crippen LogP contribution in [-0.2, 0) is 19.2 Å². The summed E-state index contributed by atoms with van der Waals surface area (Å²) in [5.74, 6) is -3.73. The van der Waals surface area contributed by atoms with Gasteiger partial charge in [-0.15, -0.1) is 0 Å². The number of alkyl halides is 3. The molecule has 4 atom stereocenters. The van der Waals surface area contributed by atoms with Crippen molar-refractivity contribution in [1.82, 2.24) is 20.1 Å². The van der Waals surface area contributed by atoms with Gasteiger partial charge in [0.15, 0.2) is 11.6 Å². The molecule has 1 aromatic heterocycles. The second-order valence-electron chi connectivity index (χ2n) is 10.0. The molecule has 0 radical (unpaired) electrons. The van der Waals surface area contributed by atoms with Crippen LogP contribution in [0.3, 0.4) is 0 Å². The fraction of sp³-hybridized carbons (Fsp3) is 0.583. The van der Waals surface area contributed by atoms with Gasteiger partial charge in [0.2, 0.25) is 17.4 Å². The van der Waals surface area contributed by atoms with Gasteiger partial charge in [-0.1, -0.05) is 12.8 Å². The number of nitrogens with one attached hydrogen (secondary N) is 2. The number of ether oxygens (including phenoxy) is 1. The van der Waals surface area contributed by atoms with E-state index in [1.807, 2.05) is 6.07 Å². The van der Waals surface area contributed by atoms with Crippen molar-refractivity contribution in [2.75, 3.05) is 18.9 Å². The molecule has 4 rings (SSSR count). The van der Waals surface area contributed by atoms with Gasteiger partial charge < -0.3 is 25.2 Å². The van der Waals surface area contributed by atoms with Crippen LogP contribution in [0.1, 0.15) is 38.3 Å². The van der Waals surface area contributed by atoms with Crippen molar-refractivity contribution in [2.45, 2.75) is 69.4 Å². The Morgan fingerprint density at radius 2 is 2.05 bits per heavy atom. The van der Waals surface area contributed by atoms with Crippen molar-refractivity contribution in [3.63, 3.8) is 0 Å². The van der Waals surface area contributed by atoms with Crippen molar-refractivity contribution in [2.24, 2.45) is 5.92 Å². The SMILES string of the molecule is Cc1ccc2c(n1)NC(=O)[C@]1(C[C@@H](C#N)N(C(=O)C(CC3CC3)N(C)C(=O)C(C)NC(=O)C(F)(F)F)C1)O2. The number of rotatable bonds is 6. The molecule has 4 amide bonds. The standard InChI is InChI=1S/C24H27F3N6O5/c1-12-4-7-17-18(29-12)31-21(36)23(38-17)9-15(10-28)33(11-23)20(35)16(8-14-5-6-14)32(3)19(34)13(2)30-22(37)24(25,26)27/h4,7,13-16H,5-6,8-9,11H2,1-3H3,(H,30,37)(H,29,31,36)/t13?,15-,16?,23+/m0/s1. The third-order valence-electron chi connectivity index (χ3n) is 7.03. The Labute approximate surface area is 216 Å². The second-order valence-corrected chi connectivity index (χ2v) is 10.0. The van der Waals surface area contributed by atoms with E-state index in [0.29, 0.717) is 5.69 Å². The Bertz CT molecular complexity index is 1210. The number of anilines is 1. The third kappa shape index (κ3) is 5.23. The van der Waals surface area contributed by atoms with Crippen LogP contribution in [-0.4, -0.2) is 81.9 Å². The lowest BCUT2D eigenvalue weighted by Gasteiger charge is -2.35. The highest BCUT2D eigenvalue weighted by atomic mass is 19.4. The number of likely N-dealkylation sites (tertiary alicyclic amines) is 1. The van der Waals surface area contributed by atoms with E-state index in [9.17, 15) is 37.6 Å². The van der Waals surface area contributed by atoms with Gasteiger partial charge in [0, 0.05) is 19.2 Å². The van der Waals surface area contributed by atoms with E-state index in [-0.39, 0.29) is 36.9 Å². The average Bonchev–Trinajstić information content (AvgIpc) is 3.60. The predicted octanol–water partition coefficient (Wildman–Crippen LogP) is 1.28. The Morgan fingerprint density at radius 1 is 1.37 bits per heavy atom. The van der Waals surface area contributed by atoms with Crippen LogP contribution >= 0.6 is 0 Å². The number of hydrogen-bond donors (Lipinski definition) is 2. The highest BCUT2D eigenvalue weighted by molar-refractivity contribution is 6.01. The number of fused-ring (bicyclic) bond motifs is 1. The van der Waals surface area contributed by atoms with Crippen molar-refractivity contribution < 1.29 is 37.1 Å². The zero-order chi connectivity index (χ0) is 28.0. The molecule has 38 heavy (non-hydrogen) atoms. The highest BCUT2D eigenvalue weighted by Gasteiger charge is 2.56. The Balaban J connectivity index is 1.55. The van der Waals surface area contributed by atoms with E-state index < -0.39 is 53.5 Å². The van der Waals surface area contributed by atoms with E-state index in [2.05, 4.69) is 10.3 Å². The van der Waals surface area contributed by atoms with Gasteiger partial charge in [-0.05, 0) is 38.3 Å². The van der Waals surface area contributed by atoms with Crippen LogP contribution in [0.4, 0.5) is 19.0 Å². The first-order valence-electron chi connectivity index (χ1n) is 12.1. The molecule has 3 aliphatic rings. The number of aromatic nitrogens is 1. The van der Waals surface area contributed by atoms with Gasteiger partial charge in [0.25, 0.3) is 5.91 Å². The number of nitriles is 1. The predicted molar refractivity (Wildman–Crippen MR) is 124 cm³/mol. The average molecular weight is 537 g/mol. The maximum Gasteiger partial charge on any atom is 0.471 e. The monoisotopic (exact) mass is 536 g/mol. The van der Waals surface area contributed by atoms with Crippen molar-refractivity contribution >= 4 is 29.4 Å². The van der Waals surface area contributed by atoms with Gasteiger partial charge in [-0.3, -0.25) is 19.2 Å². The normalized spacial score (nSPS) is 24.0. The topological polar surface area (TPSA) is 145 Å². The summed E-state index contributed by atoms with van der Waals surface area (Å²) in [4.78, 5) is 57.5. The summed E-state index contributed by atoms with van der Waals surface area (Å²) in [6.07, 6.45) is -3.45. The summed E-state index contributed by atoms with van der Waals surface area (Å²) in [5.41, 5.74) is -0.904. The summed E-state index contributed by atoms with van der Waals surface area (Å²) in [6.45, 7) is 2.57. The summed E-state index contributed by atoms with van der Waals surface area (Å²) in [7, 11) is 1.27. The first kappa shape index (κ1) is 27.2. The fourth-order valence-corrected chi connectivity index (χ4v) is 4.74. The van der Waals surface area contributed by atoms with E-state index >= 15 is 0 Å². The lowest BCUT2D eigenvalue weighted by atomic mass is 9.97. The van der Waals surface area contributed by atoms with Crippen LogP contribution < -0.4 is 15.4 Å². The molecular weight excluding hydrogens is 509 g/mol. The number of halogens is 3. The van der Waals surface area contributed by atoms with Crippen LogP contribution in [0.25, 0.3) is 0 Å². The molecule has 2 fully saturated rings. The molecule has 1 aromatic rings. The molecule has 1 aliphatic carbocycles. The minimum absolute atomic E-state index is 0.117. The number of pyridine rings is 1. The van der Waals surface area contributed by atoms with E-state index in [4.69, 9.17) is 4.74 Å². The van der Waals surface area contributed by atoms with Gasteiger partial charge in [0.1, 0.15) is 18.1 Å². The summed E-state index contributed by atoms with van der Waals surface area (Å²) in [5, 5.41) is 14.1. The highest BCUT2D eigenvalue weighted by Crippen LogP contribution is 2.41. The van der Waals surface area contributed by atoms with Crippen LogP contribution in [0.15, 0.2) is 12.1 Å². The molecule has 1 saturated carbocycles. The zero-order valence-corrected chi connectivity index (χ0v) is 21.0. The summed E-state index contributed by atoms with van der Waals surface area (Å²) >= 11 is 0. The maximum absolute atomic E-state index is 13.8. The number of nitrogens with zero attached hydrogens (tertiary/aromatic N) is 4. The Hall–Kier alpha value is -3.89. The molecule has 2 N–H and O–H groups in total.